The van der Waals surface area contributed by atoms with E-state index >= 15 is 0 Å². The van der Waals surface area contributed by atoms with Crippen molar-refractivity contribution >= 4 is 16.8 Å². The van der Waals surface area contributed by atoms with Crippen molar-refractivity contribution in [2.24, 2.45) is 0 Å². The second-order valence-corrected chi connectivity index (χ2v) is 5.43. The van der Waals surface area contributed by atoms with Crippen molar-refractivity contribution in [2.45, 2.75) is 45.4 Å². The summed E-state index contributed by atoms with van der Waals surface area (Å²) >= 11 is 0. The van der Waals surface area contributed by atoms with Crippen LogP contribution in [0, 0.1) is 0 Å². The topological polar surface area (TPSA) is 54.3 Å². The quantitative estimate of drug-likeness (QED) is 0.577. The Morgan fingerprint density at radius 1 is 1.24 bits per heavy atom. The van der Waals surface area contributed by atoms with Crippen molar-refractivity contribution < 1.29 is 10.0 Å². The minimum Gasteiger partial charge on any atom is -0.428 e. The number of para-hydroxylation sites is 1. The summed E-state index contributed by atoms with van der Waals surface area (Å²) in [6.45, 7) is 2.78. The molecule has 1 heterocycles. The van der Waals surface area contributed by atoms with E-state index in [0.717, 1.165) is 40.5 Å². The van der Waals surface area contributed by atoms with E-state index < -0.39 is 0 Å². The number of nitrogens with zero attached hydrogens (tertiary/aromatic N) is 1. The molecular weight excluding hydrogens is 264 g/mol. The molecule has 0 atom stereocenters. The zero-order chi connectivity index (χ0) is 15.1. The molecule has 114 valence electrons. The molecule has 1 aromatic heterocycles. The van der Waals surface area contributed by atoms with Gasteiger partial charge in [0.2, 0.25) is 5.91 Å². The lowest BCUT2D eigenvalue weighted by Gasteiger charge is -2.04. The van der Waals surface area contributed by atoms with Gasteiger partial charge in [-0.1, -0.05) is 44.4 Å². The van der Waals surface area contributed by atoms with Crippen LogP contribution in [0.3, 0.4) is 0 Å². The summed E-state index contributed by atoms with van der Waals surface area (Å²) in [5.41, 5.74) is 1.86. The summed E-state index contributed by atoms with van der Waals surface area (Å²) in [7, 11) is 0. The number of unbranched alkanes of at least 4 members (excludes halogenated alkanes) is 3. The highest BCUT2D eigenvalue weighted by Gasteiger charge is 2.07. The lowest BCUT2D eigenvalue weighted by atomic mass is 10.1. The second-order valence-electron chi connectivity index (χ2n) is 5.43. The average Bonchev–Trinajstić information content (AvgIpc) is 2.81. The number of benzene rings is 1. The van der Waals surface area contributed by atoms with Crippen LogP contribution in [0.25, 0.3) is 10.9 Å². The van der Waals surface area contributed by atoms with Crippen LogP contribution in [0.2, 0.25) is 0 Å². The lowest BCUT2D eigenvalue weighted by molar-refractivity contribution is -0.121. The van der Waals surface area contributed by atoms with Crippen LogP contribution in [0.5, 0.6) is 0 Å². The number of carbonyl (C=O) groups excluding carboxylic acids is 1. The third-order valence-electron chi connectivity index (χ3n) is 3.75. The Bertz CT molecular complexity index is 589. The molecule has 4 heteroatoms. The fourth-order valence-corrected chi connectivity index (χ4v) is 2.57. The Morgan fingerprint density at radius 2 is 2.05 bits per heavy atom. The number of carbonyl (C=O) groups is 1. The van der Waals surface area contributed by atoms with Crippen LogP contribution in [0.4, 0.5) is 0 Å². The summed E-state index contributed by atoms with van der Waals surface area (Å²) < 4.78 is 1.15. The predicted octanol–water partition coefficient (Wildman–Crippen LogP) is 3.51. The molecule has 2 aromatic rings. The third-order valence-corrected chi connectivity index (χ3v) is 3.75. The van der Waals surface area contributed by atoms with E-state index in [4.69, 9.17) is 0 Å². The van der Waals surface area contributed by atoms with Crippen LogP contribution in [-0.4, -0.2) is 22.4 Å². The van der Waals surface area contributed by atoms with E-state index in [9.17, 15) is 10.0 Å². The van der Waals surface area contributed by atoms with Gasteiger partial charge in [-0.25, -0.2) is 0 Å². The number of rotatable bonds is 8. The maximum Gasteiger partial charge on any atom is 0.220 e. The Hall–Kier alpha value is -1.97. The Kier molecular flexibility index (Phi) is 5.67. The molecule has 0 fully saturated rings. The number of nitrogens with one attached hydrogen (secondary N) is 1. The van der Waals surface area contributed by atoms with Crippen LogP contribution in [-0.2, 0) is 11.2 Å². The van der Waals surface area contributed by atoms with Crippen LogP contribution in [0.1, 0.15) is 44.6 Å². The Labute approximate surface area is 125 Å². The highest BCUT2D eigenvalue weighted by molar-refractivity contribution is 5.83. The van der Waals surface area contributed by atoms with Gasteiger partial charge < -0.3 is 10.5 Å². The van der Waals surface area contributed by atoms with Crippen LogP contribution in [0.15, 0.2) is 30.5 Å². The van der Waals surface area contributed by atoms with Crippen molar-refractivity contribution in [3.8, 4) is 0 Å². The minimum atomic E-state index is 0.124. The van der Waals surface area contributed by atoms with Crippen LogP contribution < -0.4 is 5.32 Å². The summed E-state index contributed by atoms with van der Waals surface area (Å²) in [5.74, 6) is 0.124. The van der Waals surface area contributed by atoms with E-state index in [1.807, 2.05) is 24.3 Å². The number of aromatic nitrogens is 1. The summed E-state index contributed by atoms with van der Waals surface area (Å²) in [5, 5.41) is 13.8. The van der Waals surface area contributed by atoms with E-state index in [-0.39, 0.29) is 5.91 Å². The predicted molar refractivity (Wildman–Crippen MR) is 84.6 cm³/mol. The van der Waals surface area contributed by atoms with Crippen molar-refractivity contribution in [3.63, 3.8) is 0 Å². The first-order valence-electron chi connectivity index (χ1n) is 7.77. The molecule has 21 heavy (non-hydrogen) atoms. The molecule has 4 nitrogen and oxygen atoms in total. The monoisotopic (exact) mass is 288 g/mol. The largest absolute Gasteiger partial charge is 0.428 e. The highest BCUT2D eigenvalue weighted by Crippen LogP contribution is 2.20. The van der Waals surface area contributed by atoms with Gasteiger partial charge in [0, 0.05) is 24.5 Å². The van der Waals surface area contributed by atoms with Gasteiger partial charge in [0.15, 0.2) is 0 Å². The standard InChI is InChI=1S/C17H24N2O2/c1-2-3-4-5-10-17(20)18-12-11-14-13-19(21)16-9-7-6-8-15(14)16/h6-9,13,21H,2-5,10-12H2,1H3,(H,18,20). The fourth-order valence-electron chi connectivity index (χ4n) is 2.57. The molecule has 0 spiro atoms. The van der Waals surface area contributed by atoms with Crippen molar-refractivity contribution in [1.82, 2.24) is 10.0 Å². The fraction of sp³-hybridized carbons (Fsp3) is 0.471. The van der Waals surface area contributed by atoms with Gasteiger partial charge in [0.25, 0.3) is 0 Å². The van der Waals surface area contributed by atoms with Crippen molar-refractivity contribution in [2.75, 3.05) is 6.54 Å². The molecule has 0 radical (unpaired) electrons. The third kappa shape index (κ3) is 4.25. The normalized spacial score (nSPS) is 10.9. The molecule has 2 rings (SSSR count). The van der Waals surface area contributed by atoms with Crippen LogP contribution >= 0.6 is 0 Å². The Morgan fingerprint density at radius 3 is 2.86 bits per heavy atom. The first-order chi connectivity index (χ1) is 10.2. The van der Waals surface area contributed by atoms with Gasteiger partial charge in [-0.2, -0.15) is 4.73 Å². The zero-order valence-electron chi connectivity index (χ0n) is 12.6. The van der Waals surface area contributed by atoms with Crippen molar-refractivity contribution in [1.29, 1.82) is 0 Å². The van der Waals surface area contributed by atoms with Gasteiger partial charge in [-0.05, 0) is 24.5 Å². The Balaban J connectivity index is 1.79. The molecular formula is C17H24N2O2. The number of hydrogen-bond acceptors (Lipinski definition) is 2. The summed E-state index contributed by atoms with van der Waals surface area (Å²) in [4.78, 5) is 11.7. The van der Waals surface area contributed by atoms with E-state index in [1.54, 1.807) is 6.20 Å². The van der Waals surface area contributed by atoms with Gasteiger partial charge in [-0.3, -0.25) is 4.79 Å². The smallest absolute Gasteiger partial charge is 0.220 e. The molecule has 0 bridgehead atoms. The summed E-state index contributed by atoms with van der Waals surface area (Å²) in [6, 6.07) is 7.73. The SMILES string of the molecule is CCCCCCC(=O)NCCc1cn(O)c2ccccc12. The second kappa shape index (κ2) is 7.72. The summed E-state index contributed by atoms with van der Waals surface area (Å²) in [6.07, 6.45) is 7.54. The van der Waals surface area contributed by atoms with Gasteiger partial charge >= 0.3 is 0 Å². The number of amides is 1. The molecule has 0 aliphatic carbocycles. The average molecular weight is 288 g/mol. The molecule has 0 unspecified atom stereocenters. The minimum absolute atomic E-state index is 0.124. The van der Waals surface area contributed by atoms with E-state index in [2.05, 4.69) is 12.2 Å². The molecule has 0 saturated heterocycles. The first kappa shape index (κ1) is 15.4. The van der Waals surface area contributed by atoms with Gasteiger partial charge in [0.1, 0.15) is 0 Å². The van der Waals surface area contributed by atoms with Gasteiger partial charge in [-0.15, -0.1) is 0 Å². The lowest BCUT2D eigenvalue weighted by Crippen LogP contribution is -2.25. The molecule has 2 N–H and O–H groups in total. The number of hydrogen-bond donors (Lipinski definition) is 2. The maximum absolute atomic E-state index is 11.7. The first-order valence-corrected chi connectivity index (χ1v) is 7.77. The molecule has 1 amide bonds. The van der Waals surface area contributed by atoms with E-state index in [1.165, 1.54) is 12.8 Å². The molecule has 1 aromatic carbocycles. The number of fused-ring (bicyclic) bond motifs is 1. The van der Waals surface area contributed by atoms with Gasteiger partial charge in [0.05, 0.1) is 5.52 Å². The molecule has 0 aliphatic rings. The highest BCUT2D eigenvalue weighted by atomic mass is 16.5. The van der Waals surface area contributed by atoms with E-state index in [0.29, 0.717) is 13.0 Å². The zero-order valence-corrected chi connectivity index (χ0v) is 12.6. The molecule has 0 aliphatic heterocycles. The van der Waals surface area contributed by atoms with Crippen molar-refractivity contribution in [3.05, 3.63) is 36.0 Å². The molecule has 0 saturated carbocycles. The maximum atomic E-state index is 11.7.